The Hall–Kier alpha value is -3.08. The molecule has 0 radical (unpaired) electrons. The van der Waals surface area contributed by atoms with E-state index in [0.717, 1.165) is 58.0 Å². The van der Waals surface area contributed by atoms with Gasteiger partial charge in [0.15, 0.2) is 0 Å². The molecule has 6 atom stereocenters. The molecule has 1 aliphatic carbocycles. The number of hydrogen-bond donors (Lipinski definition) is 3. The molecule has 3 saturated heterocycles. The summed E-state index contributed by atoms with van der Waals surface area (Å²) in [5.41, 5.74) is 8.53. The Morgan fingerprint density at radius 1 is 1.05 bits per heavy atom. The minimum atomic E-state index is -0.344. The number of halogens is 1. The second-order valence-electron chi connectivity index (χ2n) is 12.4. The molecule has 0 bridgehead atoms. The second kappa shape index (κ2) is 13.1. The number of ether oxygens (including phenoxy) is 1. The van der Waals surface area contributed by atoms with E-state index in [9.17, 15) is 9.59 Å². The third-order valence-electron chi connectivity index (χ3n) is 9.83. The number of piperidine rings is 2. The number of carbonyl (C=O) groups excluding carboxylic acids is 2. The number of benzene rings is 1. The van der Waals surface area contributed by atoms with Crippen molar-refractivity contribution in [1.82, 2.24) is 31.0 Å². The van der Waals surface area contributed by atoms with Gasteiger partial charge in [0.05, 0.1) is 19.2 Å². The van der Waals surface area contributed by atoms with Crippen LogP contribution in [0.3, 0.4) is 0 Å². The van der Waals surface area contributed by atoms with Crippen LogP contribution in [0, 0.1) is 17.7 Å². The molecule has 3 aliphatic heterocycles. The number of aromatic nitrogens is 1. The Bertz CT molecular complexity index is 1240. The molecule has 4 fully saturated rings. The van der Waals surface area contributed by atoms with Crippen molar-refractivity contribution in [2.24, 2.45) is 11.8 Å². The molecule has 226 valence electrons. The number of hydrogen-bond acceptors (Lipinski definition) is 7. The Labute approximate surface area is 247 Å². The van der Waals surface area contributed by atoms with Crippen LogP contribution in [0.5, 0.6) is 5.75 Å². The van der Waals surface area contributed by atoms with E-state index >= 15 is 4.39 Å². The fourth-order valence-electron chi connectivity index (χ4n) is 7.54. The van der Waals surface area contributed by atoms with Gasteiger partial charge < -0.3 is 15.0 Å². The summed E-state index contributed by atoms with van der Waals surface area (Å²) < 4.78 is 20.5. The summed E-state index contributed by atoms with van der Waals surface area (Å²) in [6.07, 6.45) is 10.8. The van der Waals surface area contributed by atoms with E-state index in [0.29, 0.717) is 36.2 Å². The predicted molar refractivity (Wildman–Crippen MR) is 157 cm³/mol. The Morgan fingerprint density at radius 3 is 2.64 bits per heavy atom. The minimum absolute atomic E-state index is 0.0647. The van der Waals surface area contributed by atoms with Crippen LogP contribution in [0.25, 0.3) is 0 Å². The zero-order valence-corrected chi connectivity index (χ0v) is 24.4. The van der Waals surface area contributed by atoms with Gasteiger partial charge in [0.25, 0.3) is 0 Å². The van der Waals surface area contributed by atoms with Crippen molar-refractivity contribution >= 4 is 11.8 Å². The van der Waals surface area contributed by atoms with E-state index < -0.39 is 0 Å². The molecule has 0 spiro atoms. The summed E-state index contributed by atoms with van der Waals surface area (Å²) in [6.45, 7) is 2.31. The van der Waals surface area contributed by atoms with Crippen LogP contribution < -0.4 is 20.9 Å². The maximum atomic E-state index is 15.0. The first-order valence-corrected chi connectivity index (χ1v) is 15.6. The van der Waals surface area contributed by atoms with Gasteiger partial charge in [-0.25, -0.2) is 9.82 Å². The maximum Gasteiger partial charge on any atom is 0.239 e. The molecule has 10 heteroatoms. The van der Waals surface area contributed by atoms with Crippen LogP contribution in [-0.4, -0.2) is 71.5 Å². The topological polar surface area (TPSA) is 98.8 Å². The molecule has 2 aromatic rings. The van der Waals surface area contributed by atoms with E-state index in [2.05, 4.69) is 26.1 Å². The van der Waals surface area contributed by atoms with Crippen LogP contribution in [0.4, 0.5) is 4.39 Å². The van der Waals surface area contributed by atoms with Crippen LogP contribution in [0.15, 0.2) is 42.7 Å². The lowest BCUT2D eigenvalue weighted by molar-refractivity contribution is -0.140. The molecule has 1 aromatic heterocycles. The van der Waals surface area contributed by atoms with Crippen LogP contribution >= 0.6 is 0 Å². The van der Waals surface area contributed by atoms with Gasteiger partial charge in [-0.05, 0) is 87.1 Å². The molecule has 1 aromatic carbocycles. The van der Waals surface area contributed by atoms with E-state index in [1.54, 1.807) is 12.1 Å². The highest BCUT2D eigenvalue weighted by Gasteiger charge is 2.43. The van der Waals surface area contributed by atoms with E-state index in [1.807, 2.05) is 29.4 Å². The van der Waals surface area contributed by atoms with Crippen LogP contribution in [-0.2, 0) is 16.1 Å². The van der Waals surface area contributed by atoms with Gasteiger partial charge >= 0.3 is 0 Å². The van der Waals surface area contributed by atoms with Crippen molar-refractivity contribution in [2.75, 3.05) is 26.7 Å². The van der Waals surface area contributed by atoms with E-state index in [-0.39, 0.29) is 48.2 Å². The third kappa shape index (κ3) is 6.16. The zero-order valence-electron chi connectivity index (χ0n) is 24.4. The molecule has 9 nitrogen and oxygen atoms in total. The van der Waals surface area contributed by atoms with Gasteiger partial charge in [-0.1, -0.05) is 6.07 Å². The number of amides is 2. The highest BCUT2D eigenvalue weighted by atomic mass is 19.1. The second-order valence-corrected chi connectivity index (χ2v) is 12.4. The third-order valence-corrected chi connectivity index (χ3v) is 9.83. The SMILES string of the molecule is COc1cccc(F)c1CN1C[C@H](NC(=O)C2CCC3NNC(c4ccncc4)C3C2)CC[C@H]1C(=O)N1CCCCC1. The van der Waals surface area contributed by atoms with Crippen molar-refractivity contribution in [2.45, 2.75) is 82.1 Å². The fraction of sp³-hybridized carbons (Fsp3) is 0.594. The summed E-state index contributed by atoms with van der Waals surface area (Å²) in [5, 5.41) is 3.34. The molecule has 1 saturated carbocycles. The minimum Gasteiger partial charge on any atom is -0.496 e. The molecule has 2 amide bonds. The average molecular weight is 579 g/mol. The quantitative estimate of drug-likeness (QED) is 0.464. The van der Waals surface area contributed by atoms with E-state index in [4.69, 9.17) is 4.74 Å². The average Bonchev–Trinajstić information content (AvgIpc) is 3.46. The molecule has 4 heterocycles. The molecule has 3 N–H and O–H groups in total. The summed E-state index contributed by atoms with van der Waals surface area (Å²) in [4.78, 5) is 35.5. The van der Waals surface area contributed by atoms with Crippen molar-refractivity contribution in [3.8, 4) is 5.75 Å². The lowest BCUT2D eigenvalue weighted by Crippen LogP contribution is -2.58. The van der Waals surface area contributed by atoms with Crippen LogP contribution in [0.2, 0.25) is 0 Å². The largest absolute Gasteiger partial charge is 0.496 e. The number of likely N-dealkylation sites (tertiary alicyclic amines) is 2. The summed E-state index contributed by atoms with van der Waals surface area (Å²) in [5.74, 6) is 0.595. The Balaban J connectivity index is 1.14. The lowest BCUT2D eigenvalue weighted by Gasteiger charge is -2.42. The molecular weight excluding hydrogens is 535 g/mol. The van der Waals surface area contributed by atoms with Crippen molar-refractivity contribution in [3.05, 3.63) is 59.7 Å². The van der Waals surface area contributed by atoms with Gasteiger partial charge in [0.1, 0.15) is 11.6 Å². The van der Waals surface area contributed by atoms with Gasteiger partial charge in [-0.15, -0.1) is 0 Å². The first-order valence-electron chi connectivity index (χ1n) is 15.6. The van der Waals surface area contributed by atoms with Crippen molar-refractivity contribution in [3.63, 3.8) is 0 Å². The first kappa shape index (κ1) is 29.0. The summed E-state index contributed by atoms with van der Waals surface area (Å²) in [6, 6.07) is 8.95. The smallest absolute Gasteiger partial charge is 0.239 e. The summed E-state index contributed by atoms with van der Waals surface area (Å²) in [7, 11) is 1.54. The first-order chi connectivity index (χ1) is 20.5. The highest BCUT2D eigenvalue weighted by molar-refractivity contribution is 5.82. The van der Waals surface area contributed by atoms with Gasteiger partial charge in [-0.2, -0.15) is 0 Å². The predicted octanol–water partition coefficient (Wildman–Crippen LogP) is 3.33. The normalized spacial score (nSPS) is 30.0. The lowest BCUT2D eigenvalue weighted by atomic mass is 9.74. The molecular formula is C32H43FN6O3. The standard InChI is InChI=1S/C32H43FN6O3/c1-42-29-7-5-6-26(33)25(29)20-39-19-23(9-11-28(39)32(41)38-16-3-2-4-17-38)35-31(40)22-8-10-27-24(18-22)30(37-36-27)21-12-14-34-15-13-21/h5-7,12-15,22-24,27-28,30,36-37H,2-4,8-11,16-20H2,1H3,(H,35,40)/t22?,23-,24?,27?,28+,30?/m1/s1. The van der Waals surface area contributed by atoms with Crippen molar-refractivity contribution < 1.29 is 18.7 Å². The number of nitrogens with zero attached hydrogens (tertiary/aromatic N) is 3. The Kier molecular flexibility index (Phi) is 9.02. The molecule has 42 heavy (non-hydrogen) atoms. The van der Waals surface area contributed by atoms with Crippen molar-refractivity contribution in [1.29, 1.82) is 0 Å². The van der Waals surface area contributed by atoms with Gasteiger partial charge in [0.2, 0.25) is 11.8 Å². The number of nitrogens with one attached hydrogen (secondary N) is 3. The van der Waals surface area contributed by atoms with Gasteiger partial charge in [0, 0.05) is 62.1 Å². The number of carbonyl (C=O) groups is 2. The molecule has 4 unspecified atom stereocenters. The number of pyridine rings is 1. The number of methoxy groups -OCH3 is 1. The molecule has 6 rings (SSSR count). The number of rotatable bonds is 7. The van der Waals surface area contributed by atoms with E-state index in [1.165, 1.54) is 18.7 Å². The Morgan fingerprint density at radius 2 is 1.86 bits per heavy atom. The highest BCUT2D eigenvalue weighted by Crippen LogP contribution is 2.40. The summed E-state index contributed by atoms with van der Waals surface area (Å²) >= 11 is 0. The maximum absolute atomic E-state index is 15.0. The number of hydrazine groups is 1. The zero-order chi connectivity index (χ0) is 29.1. The molecule has 4 aliphatic rings. The number of fused-ring (bicyclic) bond motifs is 1. The fourth-order valence-corrected chi connectivity index (χ4v) is 7.54. The monoisotopic (exact) mass is 578 g/mol. The van der Waals surface area contributed by atoms with Gasteiger partial charge in [-0.3, -0.25) is 24.9 Å². The van der Waals surface area contributed by atoms with Crippen LogP contribution in [0.1, 0.15) is 68.5 Å².